The topological polar surface area (TPSA) is 63.9 Å². The van der Waals surface area contributed by atoms with Crippen molar-refractivity contribution in [3.05, 3.63) is 35.0 Å². The Kier molecular flexibility index (Phi) is 3.67. The van der Waals surface area contributed by atoms with E-state index in [4.69, 9.17) is 10.5 Å². The molecule has 2 aromatic rings. The summed E-state index contributed by atoms with van der Waals surface area (Å²) >= 11 is 0. The zero-order valence-electron chi connectivity index (χ0n) is 11.1. The number of aromatic amines is 1. The molecule has 1 aromatic carbocycles. The van der Waals surface area contributed by atoms with Gasteiger partial charge < -0.3 is 10.5 Å². The van der Waals surface area contributed by atoms with Gasteiger partial charge in [-0.15, -0.1) is 0 Å². The highest BCUT2D eigenvalue weighted by atomic mass is 16.5. The summed E-state index contributed by atoms with van der Waals surface area (Å²) < 4.78 is 5.27. The van der Waals surface area contributed by atoms with Gasteiger partial charge in [0.2, 0.25) is 0 Å². The van der Waals surface area contributed by atoms with Gasteiger partial charge in [0.15, 0.2) is 0 Å². The van der Waals surface area contributed by atoms with Gasteiger partial charge in [0.05, 0.1) is 12.8 Å². The number of methoxy groups -OCH3 is 1. The Hall–Kier alpha value is -1.81. The fourth-order valence-electron chi connectivity index (χ4n) is 2.17. The second-order valence-electron chi connectivity index (χ2n) is 4.40. The molecule has 0 aliphatic carbocycles. The highest BCUT2D eigenvalue weighted by Gasteiger charge is 2.12. The van der Waals surface area contributed by atoms with Crippen molar-refractivity contribution < 1.29 is 4.74 Å². The van der Waals surface area contributed by atoms with Crippen LogP contribution in [-0.2, 0) is 6.42 Å². The molecule has 0 saturated heterocycles. The van der Waals surface area contributed by atoms with Gasteiger partial charge in [0, 0.05) is 16.8 Å². The van der Waals surface area contributed by atoms with Gasteiger partial charge in [-0.25, -0.2) is 0 Å². The molecular formula is C14H19N3O. The Balaban J connectivity index is 2.45. The first-order valence-electron chi connectivity index (χ1n) is 6.06. The van der Waals surface area contributed by atoms with Crippen LogP contribution in [0.15, 0.2) is 18.2 Å². The van der Waals surface area contributed by atoms with Crippen LogP contribution in [0.4, 0.5) is 0 Å². The number of aromatic nitrogens is 2. The molecule has 0 atom stereocenters. The van der Waals surface area contributed by atoms with Crippen molar-refractivity contribution in [2.75, 3.05) is 13.7 Å². The molecule has 1 aromatic heterocycles. The number of ether oxygens (including phenoxy) is 1. The van der Waals surface area contributed by atoms with E-state index in [2.05, 4.69) is 16.3 Å². The second-order valence-corrected chi connectivity index (χ2v) is 4.40. The van der Waals surface area contributed by atoms with Crippen LogP contribution in [0.3, 0.4) is 0 Å². The molecule has 4 nitrogen and oxygen atoms in total. The maximum atomic E-state index is 5.65. The minimum atomic E-state index is 0.627. The van der Waals surface area contributed by atoms with E-state index in [1.807, 2.05) is 26.0 Å². The average Bonchev–Trinajstić information content (AvgIpc) is 2.72. The van der Waals surface area contributed by atoms with Crippen molar-refractivity contribution >= 4 is 0 Å². The number of H-pyrrole nitrogens is 1. The molecule has 0 fully saturated rings. The van der Waals surface area contributed by atoms with E-state index in [0.29, 0.717) is 6.54 Å². The predicted octanol–water partition coefficient (Wildman–Crippen LogP) is 2.20. The number of aryl methyl sites for hydroxylation is 2. The number of benzene rings is 1. The summed E-state index contributed by atoms with van der Waals surface area (Å²) in [6.45, 7) is 4.69. The Morgan fingerprint density at radius 3 is 2.72 bits per heavy atom. The fourth-order valence-corrected chi connectivity index (χ4v) is 2.17. The lowest BCUT2D eigenvalue weighted by Gasteiger charge is -2.07. The van der Waals surface area contributed by atoms with Crippen LogP contribution in [0.25, 0.3) is 11.3 Å². The minimum absolute atomic E-state index is 0.627. The zero-order chi connectivity index (χ0) is 13.1. The molecule has 2 rings (SSSR count). The molecule has 0 amide bonds. The van der Waals surface area contributed by atoms with E-state index in [1.165, 1.54) is 5.56 Å². The zero-order valence-corrected chi connectivity index (χ0v) is 11.1. The number of nitrogens with two attached hydrogens (primary N) is 1. The van der Waals surface area contributed by atoms with Gasteiger partial charge in [0.1, 0.15) is 5.75 Å². The highest BCUT2D eigenvalue weighted by Crippen LogP contribution is 2.28. The SMILES string of the molecule is COc1ccc(-c2n[nH]c(C)c2CCN)cc1C. The molecule has 0 bridgehead atoms. The lowest BCUT2D eigenvalue weighted by atomic mass is 10.0. The third-order valence-corrected chi connectivity index (χ3v) is 3.14. The quantitative estimate of drug-likeness (QED) is 0.868. The molecule has 4 heteroatoms. The van der Waals surface area contributed by atoms with Crippen molar-refractivity contribution in [2.45, 2.75) is 20.3 Å². The first-order valence-corrected chi connectivity index (χ1v) is 6.06. The molecule has 3 N–H and O–H groups in total. The van der Waals surface area contributed by atoms with E-state index in [9.17, 15) is 0 Å². The van der Waals surface area contributed by atoms with E-state index in [0.717, 1.165) is 34.7 Å². The van der Waals surface area contributed by atoms with Crippen LogP contribution in [0.2, 0.25) is 0 Å². The van der Waals surface area contributed by atoms with E-state index in [-0.39, 0.29) is 0 Å². The van der Waals surface area contributed by atoms with Gasteiger partial charge in [-0.2, -0.15) is 5.10 Å². The second kappa shape index (κ2) is 5.23. The molecule has 18 heavy (non-hydrogen) atoms. The van der Waals surface area contributed by atoms with Gasteiger partial charge in [-0.05, 0) is 50.6 Å². The largest absolute Gasteiger partial charge is 0.496 e. The van der Waals surface area contributed by atoms with Gasteiger partial charge >= 0.3 is 0 Å². The van der Waals surface area contributed by atoms with E-state index in [1.54, 1.807) is 7.11 Å². The Morgan fingerprint density at radius 2 is 2.11 bits per heavy atom. The summed E-state index contributed by atoms with van der Waals surface area (Å²) in [4.78, 5) is 0. The molecule has 0 radical (unpaired) electrons. The van der Waals surface area contributed by atoms with Crippen LogP contribution in [0, 0.1) is 13.8 Å². The monoisotopic (exact) mass is 245 g/mol. The van der Waals surface area contributed by atoms with Crippen LogP contribution < -0.4 is 10.5 Å². The summed E-state index contributed by atoms with van der Waals surface area (Å²) in [5, 5.41) is 7.41. The minimum Gasteiger partial charge on any atom is -0.496 e. The Labute approximate surface area is 107 Å². The van der Waals surface area contributed by atoms with Crippen molar-refractivity contribution in [3.8, 4) is 17.0 Å². The van der Waals surface area contributed by atoms with Crippen LogP contribution >= 0.6 is 0 Å². The normalized spacial score (nSPS) is 10.7. The van der Waals surface area contributed by atoms with E-state index < -0.39 is 0 Å². The standard InChI is InChI=1S/C14H19N3O/c1-9-8-11(4-5-13(9)18-3)14-12(6-7-15)10(2)16-17-14/h4-5,8H,6-7,15H2,1-3H3,(H,16,17). The number of nitrogens with one attached hydrogen (secondary N) is 1. The molecule has 0 unspecified atom stereocenters. The smallest absolute Gasteiger partial charge is 0.121 e. The third kappa shape index (κ3) is 2.24. The van der Waals surface area contributed by atoms with Crippen molar-refractivity contribution in [1.29, 1.82) is 0 Å². The predicted molar refractivity (Wildman–Crippen MR) is 72.8 cm³/mol. The fraction of sp³-hybridized carbons (Fsp3) is 0.357. The lowest BCUT2D eigenvalue weighted by molar-refractivity contribution is 0.412. The van der Waals surface area contributed by atoms with Crippen LogP contribution in [-0.4, -0.2) is 23.9 Å². The maximum absolute atomic E-state index is 5.65. The molecule has 1 heterocycles. The maximum Gasteiger partial charge on any atom is 0.121 e. The van der Waals surface area contributed by atoms with Gasteiger partial charge in [-0.1, -0.05) is 0 Å². The number of hydrogen-bond acceptors (Lipinski definition) is 3. The van der Waals surface area contributed by atoms with Crippen LogP contribution in [0.5, 0.6) is 5.75 Å². The summed E-state index contributed by atoms with van der Waals surface area (Å²) in [7, 11) is 1.68. The van der Waals surface area contributed by atoms with E-state index >= 15 is 0 Å². The molecule has 0 aliphatic rings. The first kappa shape index (κ1) is 12.6. The van der Waals surface area contributed by atoms with Crippen molar-refractivity contribution in [3.63, 3.8) is 0 Å². The Bertz CT molecular complexity index is 546. The molecule has 0 saturated carbocycles. The molecule has 96 valence electrons. The third-order valence-electron chi connectivity index (χ3n) is 3.14. The van der Waals surface area contributed by atoms with Crippen molar-refractivity contribution in [2.24, 2.45) is 5.73 Å². The summed E-state index contributed by atoms with van der Waals surface area (Å²) in [5.41, 5.74) is 11.1. The van der Waals surface area contributed by atoms with Gasteiger partial charge in [-0.3, -0.25) is 5.10 Å². The average molecular weight is 245 g/mol. The summed E-state index contributed by atoms with van der Waals surface area (Å²) in [5.74, 6) is 0.895. The number of rotatable bonds is 4. The highest BCUT2D eigenvalue weighted by molar-refractivity contribution is 5.66. The summed E-state index contributed by atoms with van der Waals surface area (Å²) in [6, 6.07) is 6.09. The molecule has 0 spiro atoms. The number of nitrogens with zero attached hydrogens (tertiary/aromatic N) is 1. The molecule has 0 aliphatic heterocycles. The molecular weight excluding hydrogens is 226 g/mol. The Morgan fingerprint density at radius 1 is 1.33 bits per heavy atom. The van der Waals surface area contributed by atoms with Crippen molar-refractivity contribution in [1.82, 2.24) is 10.2 Å². The first-order chi connectivity index (χ1) is 8.67. The summed E-state index contributed by atoms with van der Waals surface area (Å²) in [6.07, 6.45) is 0.836. The lowest BCUT2D eigenvalue weighted by Crippen LogP contribution is -2.04. The number of hydrogen-bond donors (Lipinski definition) is 2. The van der Waals surface area contributed by atoms with Crippen LogP contribution in [0.1, 0.15) is 16.8 Å². The van der Waals surface area contributed by atoms with Gasteiger partial charge in [0.25, 0.3) is 0 Å².